The van der Waals surface area contributed by atoms with Gasteiger partial charge in [0.1, 0.15) is 6.10 Å². The molecule has 6 heteroatoms. The Kier molecular flexibility index (Phi) is 8.51. The molecule has 0 aliphatic rings. The van der Waals surface area contributed by atoms with Crippen molar-refractivity contribution in [3.63, 3.8) is 0 Å². The molecule has 0 saturated heterocycles. The van der Waals surface area contributed by atoms with E-state index in [1.54, 1.807) is 0 Å². The zero-order valence-electron chi connectivity index (χ0n) is 16.4. The Bertz CT molecular complexity index is 892. The average Bonchev–Trinajstić information content (AvgIpc) is 2.77. The summed E-state index contributed by atoms with van der Waals surface area (Å²) in [6.45, 7) is 1.14. The molecule has 0 saturated carbocycles. The molecule has 0 aliphatic heterocycles. The van der Waals surface area contributed by atoms with Gasteiger partial charge in [0.2, 0.25) is 0 Å². The Morgan fingerprint density at radius 3 is 1.93 bits per heavy atom. The van der Waals surface area contributed by atoms with Gasteiger partial charge in [-0.15, -0.1) is 11.6 Å². The van der Waals surface area contributed by atoms with Crippen LogP contribution < -0.4 is 4.74 Å². The predicted octanol–water partition coefficient (Wildman–Crippen LogP) is 5.32. The third-order valence-corrected chi connectivity index (χ3v) is 4.82. The highest BCUT2D eigenvalue weighted by Crippen LogP contribution is 2.30. The van der Waals surface area contributed by atoms with Crippen LogP contribution in [0.15, 0.2) is 78.9 Å². The lowest BCUT2D eigenvalue weighted by molar-refractivity contribution is 0.0185. The summed E-state index contributed by atoms with van der Waals surface area (Å²) in [5.41, 5.74) is 2.04. The topological polar surface area (TPSA) is 47.9 Å². The summed E-state index contributed by atoms with van der Waals surface area (Å²) < 4.78 is 31.0. The van der Waals surface area contributed by atoms with Crippen LogP contribution in [0.5, 0.6) is 11.5 Å². The SMILES string of the molecule is Oc1c(F)cccc1O[C@@H](COCc1ccccc1)[C@H](Cl)COCc1ccccc1. The number of aromatic hydroxyl groups is 1. The molecule has 0 spiro atoms. The van der Waals surface area contributed by atoms with Gasteiger partial charge < -0.3 is 19.3 Å². The third kappa shape index (κ3) is 6.73. The van der Waals surface area contributed by atoms with Crippen molar-refractivity contribution in [2.24, 2.45) is 0 Å². The molecule has 2 atom stereocenters. The number of hydrogen-bond donors (Lipinski definition) is 1. The fourth-order valence-corrected chi connectivity index (χ4v) is 3.02. The zero-order chi connectivity index (χ0) is 21.2. The molecule has 0 amide bonds. The largest absolute Gasteiger partial charge is 0.502 e. The number of rotatable bonds is 11. The number of benzene rings is 3. The Labute approximate surface area is 180 Å². The van der Waals surface area contributed by atoms with Crippen molar-refractivity contribution in [1.82, 2.24) is 0 Å². The highest BCUT2D eigenvalue weighted by atomic mass is 35.5. The van der Waals surface area contributed by atoms with Crippen LogP contribution in [-0.4, -0.2) is 29.8 Å². The molecule has 3 aromatic rings. The second kappa shape index (κ2) is 11.6. The van der Waals surface area contributed by atoms with Crippen LogP contribution in [0.25, 0.3) is 0 Å². The van der Waals surface area contributed by atoms with E-state index in [1.807, 2.05) is 60.7 Å². The van der Waals surface area contributed by atoms with Crippen molar-refractivity contribution in [3.05, 3.63) is 95.8 Å². The lowest BCUT2D eigenvalue weighted by atomic mass is 10.2. The minimum Gasteiger partial charge on any atom is -0.502 e. The van der Waals surface area contributed by atoms with Gasteiger partial charge in [-0.25, -0.2) is 4.39 Å². The van der Waals surface area contributed by atoms with Gasteiger partial charge >= 0.3 is 0 Å². The second-order valence-corrected chi connectivity index (χ2v) is 7.32. The molecule has 0 bridgehead atoms. The normalized spacial score (nSPS) is 13.0. The summed E-state index contributed by atoms with van der Waals surface area (Å²) in [5, 5.41) is 9.36. The van der Waals surface area contributed by atoms with Gasteiger partial charge in [0.25, 0.3) is 0 Å². The molecule has 3 rings (SSSR count). The van der Waals surface area contributed by atoms with Crippen molar-refractivity contribution in [3.8, 4) is 11.5 Å². The second-order valence-electron chi connectivity index (χ2n) is 6.76. The van der Waals surface area contributed by atoms with E-state index in [0.717, 1.165) is 17.2 Å². The number of phenols is 1. The van der Waals surface area contributed by atoms with E-state index in [9.17, 15) is 9.50 Å². The van der Waals surface area contributed by atoms with E-state index in [2.05, 4.69) is 0 Å². The predicted molar refractivity (Wildman–Crippen MR) is 114 cm³/mol. The van der Waals surface area contributed by atoms with Crippen LogP contribution in [0.3, 0.4) is 0 Å². The van der Waals surface area contributed by atoms with Crippen LogP contribution >= 0.6 is 11.6 Å². The molecule has 0 aromatic heterocycles. The summed E-state index contributed by atoms with van der Waals surface area (Å²) in [7, 11) is 0. The number of ether oxygens (including phenoxy) is 3. The first-order chi connectivity index (χ1) is 14.6. The number of phenolic OH excluding ortho intramolecular Hbond substituents is 1. The summed E-state index contributed by atoms with van der Waals surface area (Å²) in [4.78, 5) is 0. The molecule has 0 aliphatic carbocycles. The molecule has 4 nitrogen and oxygen atoms in total. The molecule has 0 fully saturated rings. The lowest BCUT2D eigenvalue weighted by Crippen LogP contribution is -2.35. The van der Waals surface area contributed by atoms with Crippen molar-refractivity contribution >= 4 is 11.6 Å². The Balaban J connectivity index is 1.60. The Hall–Kier alpha value is -2.60. The van der Waals surface area contributed by atoms with Crippen LogP contribution in [-0.2, 0) is 22.7 Å². The highest BCUT2D eigenvalue weighted by molar-refractivity contribution is 6.21. The number of alkyl halides is 1. The highest BCUT2D eigenvalue weighted by Gasteiger charge is 2.24. The van der Waals surface area contributed by atoms with Crippen LogP contribution in [0.2, 0.25) is 0 Å². The van der Waals surface area contributed by atoms with E-state index in [4.69, 9.17) is 25.8 Å². The van der Waals surface area contributed by atoms with Crippen molar-refractivity contribution in [1.29, 1.82) is 0 Å². The molecule has 158 valence electrons. The van der Waals surface area contributed by atoms with Crippen LogP contribution in [0.4, 0.5) is 4.39 Å². The molecule has 0 unspecified atom stereocenters. The maximum absolute atomic E-state index is 13.7. The maximum atomic E-state index is 13.7. The number of halogens is 2. The van der Waals surface area contributed by atoms with Gasteiger partial charge in [-0.3, -0.25) is 0 Å². The lowest BCUT2D eigenvalue weighted by Gasteiger charge is -2.24. The molecular formula is C24H24ClFO4. The molecule has 3 aromatic carbocycles. The summed E-state index contributed by atoms with van der Waals surface area (Å²) >= 11 is 6.53. The molecule has 0 heterocycles. The monoisotopic (exact) mass is 430 g/mol. The quantitative estimate of drug-likeness (QED) is 0.418. The Morgan fingerprint density at radius 2 is 1.33 bits per heavy atom. The summed E-state index contributed by atoms with van der Waals surface area (Å²) in [6, 6.07) is 23.5. The molecule has 0 radical (unpaired) electrons. The van der Waals surface area contributed by atoms with Gasteiger partial charge in [0, 0.05) is 0 Å². The summed E-state index contributed by atoms with van der Waals surface area (Å²) in [6.07, 6.45) is -0.654. The Morgan fingerprint density at radius 1 is 0.767 bits per heavy atom. The number of para-hydroxylation sites is 1. The number of hydrogen-bond acceptors (Lipinski definition) is 4. The molecular weight excluding hydrogens is 407 g/mol. The van der Waals surface area contributed by atoms with Crippen LogP contribution in [0, 0.1) is 5.82 Å². The van der Waals surface area contributed by atoms with Crippen molar-refractivity contribution < 1.29 is 23.7 Å². The smallest absolute Gasteiger partial charge is 0.194 e. The van der Waals surface area contributed by atoms with Gasteiger partial charge in [-0.1, -0.05) is 66.7 Å². The molecule has 30 heavy (non-hydrogen) atoms. The minimum atomic E-state index is -0.761. The van der Waals surface area contributed by atoms with E-state index < -0.39 is 23.0 Å². The standard InChI is InChI=1S/C24H24ClFO4/c25-20(16-28-14-18-8-3-1-4-9-18)23(17-29-15-19-10-5-2-6-11-19)30-22-13-7-12-21(26)24(22)27/h1-13,20,23,27H,14-17H2/t20-,23+/m1/s1. The van der Waals surface area contributed by atoms with Crippen LogP contribution in [0.1, 0.15) is 11.1 Å². The van der Waals surface area contributed by atoms with Gasteiger partial charge in [-0.05, 0) is 23.3 Å². The van der Waals surface area contributed by atoms with E-state index in [1.165, 1.54) is 12.1 Å². The van der Waals surface area contributed by atoms with Gasteiger partial charge in [0.05, 0.1) is 31.8 Å². The first kappa shape index (κ1) is 22.1. The third-order valence-electron chi connectivity index (χ3n) is 4.41. The average molecular weight is 431 g/mol. The summed E-state index contributed by atoms with van der Waals surface area (Å²) in [5.74, 6) is -1.31. The van der Waals surface area contributed by atoms with E-state index >= 15 is 0 Å². The fourth-order valence-electron chi connectivity index (χ4n) is 2.80. The van der Waals surface area contributed by atoms with Gasteiger partial charge in [0.15, 0.2) is 17.3 Å². The van der Waals surface area contributed by atoms with E-state index in [0.29, 0.717) is 13.2 Å². The molecule has 1 N–H and O–H groups in total. The maximum Gasteiger partial charge on any atom is 0.194 e. The first-order valence-corrected chi connectivity index (χ1v) is 10.1. The van der Waals surface area contributed by atoms with Crippen molar-refractivity contribution in [2.75, 3.05) is 13.2 Å². The van der Waals surface area contributed by atoms with Gasteiger partial charge in [-0.2, -0.15) is 0 Å². The zero-order valence-corrected chi connectivity index (χ0v) is 17.2. The first-order valence-electron chi connectivity index (χ1n) is 9.65. The van der Waals surface area contributed by atoms with E-state index in [-0.39, 0.29) is 19.0 Å². The fraction of sp³-hybridized carbons (Fsp3) is 0.250. The minimum absolute atomic E-state index is 0.0111. The van der Waals surface area contributed by atoms with Crippen molar-refractivity contribution in [2.45, 2.75) is 24.7 Å².